The van der Waals surface area contributed by atoms with Crippen molar-refractivity contribution in [2.45, 2.75) is 18.2 Å². The summed E-state index contributed by atoms with van der Waals surface area (Å²) in [5.74, 6) is -0.526. The van der Waals surface area contributed by atoms with Gasteiger partial charge in [-0.05, 0) is 25.1 Å². The summed E-state index contributed by atoms with van der Waals surface area (Å²) in [7, 11) is 0. The van der Waals surface area contributed by atoms with Gasteiger partial charge in [-0.3, -0.25) is 19.7 Å². The molecule has 0 aliphatic carbocycles. The van der Waals surface area contributed by atoms with Crippen LogP contribution in [0.25, 0.3) is 0 Å². The number of hydrogen-bond donors (Lipinski definition) is 1. The largest absolute Gasteiger partial charge is 0.456 e. The molecule has 0 aliphatic rings. The number of nitrogens with zero attached hydrogens (tertiary/aromatic N) is 1. The lowest BCUT2D eigenvalue weighted by atomic mass is 10.2. The molecule has 0 saturated heterocycles. The molecule has 2 aromatic rings. The number of nitro groups is 1. The number of aryl methyl sites for hydroxylation is 1. The Morgan fingerprint density at radius 2 is 1.93 bits per heavy atom. The molecule has 0 bridgehead atoms. The normalized spacial score (nSPS) is 10.3. The standard InChI is InChI=1S/C18H17ClN2O5S/c1-12-2-5-14(6-3-12)27-9-8-18(23)26-11-17(22)20-16-7-4-13(21(24)25)10-15(16)19/h2-7,10H,8-9,11H2,1H3,(H,20,22). The third-order valence-electron chi connectivity index (χ3n) is 3.40. The van der Waals surface area contributed by atoms with Gasteiger partial charge in [-0.1, -0.05) is 29.3 Å². The zero-order valence-corrected chi connectivity index (χ0v) is 16.0. The summed E-state index contributed by atoms with van der Waals surface area (Å²) >= 11 is 7.41. The minimum absolute atomic E-state index is 0.0263. The summed E-state index contributed by atoms with van der Waals surface area (Å²) in [5.41, 5.74) is 1.19. The lowest BCUT2D eigenvalue weighted by Crippen LogP contribution is -2.21. The van der Waals surface area contributed by atoms with Gasteiger partial charge in [-0.15, -0.1) is 11.8 Å². The molecule has 0 radical (unpaired) electrons. The summed E-state index contributed by atoms with van der Waals surface area (Å²) in [4.78, 5) is 34.7. The van der Waals surface area contributed by atoms with Crippen LogP contribution >= 0.6 is 23.4 Å². The Balaban J connectivity index is 1.72. The summed E-state index contributed by atoms with van der Waals surface area (Å²) in [6, 6.07) is 11.6. The van der Waals surface area contributed by atoms with Gasteiger partial charge >= 0.3 is 5.97 Å². The number of ether oxygens (including phenoxy) is 1. The van der Waals surface area contributed by atoms with Crippen LogP contribution in [0, 0.1) is 17.0 Å². The first-order valence-electron chi connectivity index (χ1n) is 7.94. The van der Waals surface area contributed by atoms with E-state index in [4.69, 9.17) is 16.3 Å². The van der Waals surface area contributed by atoms with E-state index >= 15 is 0 Å². The second-order valence-electron chi connectivity index (χ2n) is 5.54. The summed E-state index contributed by atoms with van der Waals surface area (Å²) < 4.78 is 4.92. The van der Waals surface area contributed by atoms with Crippen LogP contribution in [0.3, 0.4) is 0 Å². The maximum absolute atomic E-state index is 11.8. The minimum atomic E-state index is -0.589. The van der Waals surface area contributed by atoms with Crippen molar-refractivity contribution >= 4 is 46.6 Å². The Bertz CT molecular complexity index is 842. The highest BCUT2D eigenvalue weighted by molar-refractivity contribution is 7.99. The van der Waals surface area contributed by atoms with Crippen LogP contribution in [0.2, 0.25) is 5.02 Å². The van der Waals surface area contributed by atoms with E-state index in [1.54, 1.807) is 0 Å². The number of nitro benzene ring substituents is 1. The Morgan fingerprint density at radius 1 is 1.22 bits per heavy atom. The van der Waals surface area contributed by atoms with Crippen molar-refractivity contribution in [1.82, 2.24) is 0 Å². The number of benzene rings is 2. The molecule has 7 nitrogen and oxygen atoms in total. The predicted octanol–water partition coefficient (Wildman–Crippen LogP) is 4.22. The number of carbonyl (C=O) groups excluding carboxylic acids is 2. The highest BCUT2D eigenvalue weighted by atomic mass is 35.5. The van der Waals surface area contributed by atoms with Crippen molar-refractivity contribution < 1.29 is 19.2 Å². The fourth-order valence-electron chi connectivity index (χ4n) is 2.01. The topological polar surface area (TPSA) is 98.5 Å². The highest BCUT2D eigenvalue weighted by Crippen LogP contribution is 2.26. The molecule has 0 aromatic heterocycles. The second-order valence-corrected chi connectivity index (χ2v) is 7.12. The van der Waals surface area contributed by atoms with E-state index < -0.39 is 23.4 Å². The van der Waals surface area contributed by atoms with Crippen molar-refractivity contribution in [3.63, 3.8) is 0 Å². The third-order valence-corrected chi connectivity index (χ3v) is 4.72. The lowest BCUT2D eigenvalue weighted by molar-refractivity contribution is -0.384. The number of amides is 1. The summed E-state index contributed by atoms with van der Waals surface area (Å²) in [6.07, 6.45) is 0.171. The first-order valence-corrected chi connectivity index (χ1v) is 9.30. The molecule has 0 unspecified atom stereocenters. The summed E-state index contributed by atoms with van der Waals surface area (Å²) in [5, 5.41) is 13.1. The van der Waals surface area contributed by atoms with Gasteiger partial charge in [-0.25, -0.2) is 0 Å². The number of hydrogen-bond acceptors (Lipinski definition) is 6. The zero-order valence-electron chi connectivity index (χ0n) is 14.4. The molecule has 142 valence electrons. The van der Waals surface area contributed by atoms with Crippen LogP contribution in [0.4, 0.5) is 11.4 Å². The van der Waals surface area contributed by atoms with Crippen LogP contribution < -0.4 is 5.32 Å². The van der Waals surface area contributed by atoms with Gasteiger partial charge in [0.1, 0.15) is 0 Å². The van der Waals surface area contributed by atoms with Crippen molar-refractivity contribution in [2.24, 2.45) is 0 Å². The molecule has 0 saturated carbocycles. The van der Waals surface area contributed by atoms with Crippen LogP contribution in [0.15, 0.2) is 47.4 Å². The van der Waals surface area contributed by atoms with Gasteiger partial charge < -0.3 is 10.1 Å². The zero-order chi connectivity index (χ0) is 19.8. The number of carbonyl (C=O) groups is 2. The molecule has 0 fully saturated rings. The molecule has 0 heterocycles. The highest BCUT2D eigenvalue weighted by Gasteiger charge is 2.13. The Kier molecular flexibility index (Phi) is 7.63. The van der Waals surface area contributed by atoms with E-state index in [-0.39, 0.29) is 22.8 Å². The van der Waals surface area contributed by atoms with E-state index in [9.17, 15) is 19.7 Å². The third kappa shape index (κ3) is 6.92. The van der Waals surface area contributed by atoms with Crippen LogP contribution in [-0.2, 0) is 14.3 Å². The Morgan fingerprint density at radius 3 is 2.56 bits per heavy atom. The minimum Gasteiger partial charge on any atom is -0.456 e. The lowest BCUT2D eigenvalue weighted by Gasteiger charge is -2.08. The van der Waals surface area contributed by atoms with Crippen LogP contribution in [0.5, 0.6) is 0 Å². The van der Waals surface area contributed by atoms with Crippen molar-refractivity contribution in [1.29, 1.82) is 0 Å². The first kappa shape index (κ1) is 20.7. The van der Waals surface area contributed by atoms with Gasteiger partial charge in [0.15, 0.2) is 6.61 Å². The molecular weight excluding hydrogens is 392 g/mol. The SMILES string of the molecule is Cc1ccc(SCCC(=O)OCC(=O)Nc2ccc([N+](=O)[O-])cc2Cl)cc1. The van der Waals surface area contributed by atoms with Crippen LogP contribution in [0.1, 0.15) is 12.0 Å². The van der Waals surface area contributed by atoms with Gasteiger partial charge in [0.25, 0.3) is 11.6 Å². The second kappa shape index (κ2) is 9.94. The van der Waals surface area contributed by atoms with E-state index in [1.807, 2.05) is 31.2 Å². The fraction of sp³-hybridized carbons (Fsp3) is 0.222. The van der Waals surface area contributed by atoms with Gasteiger partial charge in [0, 0.05) is 22.8 Å². The van der Waals surface area contributed by atoms with Gasteiger partial charge in [0.2, 0.25) is 0 Å². The first-order chi connectivity index (χ1) is 12.8. The van der Waals surface area contributed by atoms with E-state index in [2.05, 4.69) is 5.32 Å². The molecule has 9 heteroatoms. The van der Waals surface area contributed by atoms with Gasteiger partial charge in [0.05, 0.1) is 22.1 Å². The molecule has 1 amide bonds. The quantitative estimate of drug-likeness (QED) is 0.304. The molecule has 27 heavy (non-hydrogen) atoms. The van der Waals surface area contributed by atoms with E-state index in [1.165, 1.54) is 23.9 Å². The summed E-state index contributed by atoms with van der Waals surface area (Å²) in [6.45, 7) is 1.54. The number of esters is 1. The van der Waals surface area contributed by atoms with E-state index in [0.29, 0.717) is 5.75 Å². The molecule has 2 rings (SSSR count). The molecule has 0 spiro atoms. The number of non-ortho nitro benzene ring substituents is 1. The predicted molar refractivity (Wildman–Crippen MR) is 104 cm³/mol. The molecular formula is C18H17ClN2O5S. The fourth-order valence-corrected chi connectivity index (χ4v) is 3.07. The van der Waals surface area contributed by atoms with Crippen molar-refractivity contribution in [2.75, 3.05) is 17.7 Å². The number of halogens is 1. The molecule has 2 aromatic carbocycles. The number of rotatable bonds is 8. The molecule has 0 aliphatic heterocycles. The average Bonchev–Trinajstić information content (AvgIpc) is 2.63. The molecule has 1 N–H and O–H groups in total. The maximum Gasteiger partial charge on any atom is 0.307 e. The Labute approximate surface area is 165 Å². The van der Waals surface area contributed by atoms with E-state index in [0.717, 1.165) is 16.5 Å². The number of nitrogens with one attached hydrogen (secondary N) is 1. The monoisotopic (exact) mass is 408 g/mol. The number of thioether (sulfide) groups is 1. The van der Waals surface area contributed by atoms with Crippen LogP contribution in [-0.4, -0.2) is 29.2 Å². The van der Waals surface area contributed by atoms with Crippen molar-refractivity contribution in [3.05, 3.63) is 63.2 Å². The number of anilines is 1. The van der Waals surface area contributed by atoms with Crippen molar-refractivity contribution in [3.8, 4) is 0 Å². The average molecular weight is 409 g/mol. The molecule has 0 atom stereocenters. The maximum atomic E-state index is 11.8. The smallest absolute Gasteiger partial charge is 0.307 e. The van der Waals surface area contributed by atoms with Gasteiger partial charge in [-0.2, -0.15) is 0 Å². The Hall–Kier alpha value is -2.58.